The number of halogens is 1. The van der Waals surface area contributed by atoms with Crippen LogP contribution in [0.5, 0.6) is 0 Å². The number of rotatable bonds is 8. The predicted molar refractivity (Wildman–Crippen MR) is 120 cm³/mol. The topological polar surface area (TPSA) is 66.5 Å². The molecule has 0 heterocycles. The summed E-state index contributed by atoms with van der Waals surface area (Å²) >= 11 is 5.95. The van der Waals surface area contributed by atoms with Gasteiger partial charge in [0.05, 0.1) is 10.6 Å². The Morgan fingerprint density at radius 2 is 1.50 bits per heavy atom. The first-order chi connectivity index (χ1) is 14.4. The number of sulfonamides is 1. The fourth-order valence-electron chi connectivity index (χ4n) is 2.99. The van der Waals surface area contributed by atoms with Crippen molar-refractivity contribution >= 4 is 33.2 Å². The summed E-state index contributed by atoms with van der Waals surface area (Å²) in [6.07, 6.45) is 0. The van der Waals surface area contributed by atoms with Gasteiger partial charge in [0.1, 0.15) is 6.54 Å². The molecular formula is C23H23ClN2O3S. The maximum Gasteiger partial charge on any atom is 0.264 e. The summed E-state index contributed by atoms with van der Waals surface area (Å²) < 4.78 is 27.5. The molecule has 5 nitrogen and oxygen atoms in total. The molecule has 0 saturated carbocycles. The van der Waals surface area contributed by atoms with Gasteiger partial charge in [0.25, 0.3) is 10.0 Å². The van der Waals surface area contributed by atoms with E-state index in [1.165, 1.54) is 12.1 Å². The third-order valence-corrected chi connectivity index (χ3v) is 6.75. The van der Waals surface area contributed by atoms with E-state index in [9.17, 15) is 13.2 Å². The number of carbonyl (C=O) groups excluding carboxylic acids is 1. The zero-order valence-electron chi connectivity index (χ0n) is 16.5. The summed E-state index contributed by atoms with van der Waals surface area (Å²) in [5, 5.41) is 3.33. The Balaban J connectivity index is 1.79. The van der Waals surface area contributed by atoms with Gasteiger partial charge in [-0.2, -0.15) is 0 Å². The Bertz CT molecular complexity index is 1070. The van der Waals surface area contributed by atoms with Gasteiger partial charge in [-0.05, 0) is 47.9 Å². The Kier molecular flexibility index (Phi) is 7.13. The minimum Gasteiger partial charge on any atom is -0.354 e. The van der Waals surface area contributed by atoms with E-state index >= 15 is 0 Å². The van der Waals surface area contributed by atoms with Crippen LogP contribution >= 0.6 is 11.6 Å². The second-order valence-corrected chi connectivity index (χ2v) is 9.22. The van der Waals surface area contributed by atoms with Gasteiger partial charge in [-0.15, -0.1) is 0 Å². The van der Waals surface area contributed by atoms with Crippen molar-refractivity contribution in [2.75, 3.05) is 17.4 Å². The Morgan fingerprint density at radius 1 is 0.933 bits per heavy atom. The summed E-state index contributed by atoms with van der Waals surface area (Å²) in [4.78, 5) is 12.8. The fourth-order valence-corrected chi connectivity index (χ4v) is 4.56. The van der Waals surface area contributed by atoms with Gasteiger partial charge >= 0.3 is 0 Å². The van der Waals surface area contributed by atoms with Gasteiger partial charge in [0, 0.05) is 11.6 Å². The van der Waals surface area contributed by atoms with Crippen LogP contribution in [0.15, 0.2) is 89.8 Å². The lowest BCUT2D eigenvalue weighted by Gasteiger charge is -2.24. The lowest BCUT2D eigenvalue weighted by atomic mass is 10.0. The van der Waals surface area contributed by atoms with Gasteiger partial charge in [-0.25, -0.2) is 8.42 Å². The second kappa shape index (κ2) is 9.78. The third-order valence-electron chi connectivity index (χ3n) is 4.71. The zero-order valence-corrected chi connectivity index (χ0v) is 18.1. The first kappa shape index (κ1) is 21.9. The SMILES string of the molecule is CC(CNC(=O)CN(c1ccc(Cl)cc1)S(=O)(=O)c1ccccc1)c1ccccc1. The Labute approximate surface area is 182 Å². The van der Waals surface area contributed by atoms with E-state index in [1.807, 2.05) is 37.3 Å². The van der Waals surface area contributed by atoms with E-state index in [0.29, 0.717) is 17.3 Å². The molecule has 3 aromatic carbocycles. The molecular weight excluding hydrogens is 420 g/mol. The van der Waals surface area contributed by atoms with Crippen molar-refractivity contribution < 1.29 is 13.2 Å². The van der Waals surface area contributed by atoms with Crippen molar-refractivity contribution in [1.29, 1.82) is 0 Å². The number of nitrogens with zero attached hydrogens (tertiary/aromatic N) is 1. The van der Waals surface area contributed by atoms with Gasteiger partial charge in [0.15, 0.2) is 0 Å². The first-order valence-corrected chi connectivity index (χ1v) is 11.3. The van der Waals surface area contributed by atoms with Gasteiger partial charge in [-0.3, -0.25) is 9.10 Å². The van der Waals surface area contributed by atoms with E-state index in [2.05, 4.69) is 5.32 Å². The van der Waals surface area contributed by atoms with Crippen molar-refractivity contribution in [3.63, 3.8) is 0 Å². The van der Waals surface area contributed by atoms with Crippen LogP contribution in [-0.2, 0) is 14.8 Å². The smallest absolute Gasteiger partial charge is 0.264 e. The number of benzene rings is 3. The van der Waals surface area contributed by atoms with Gasteiger partial charge in [0.2, 0.25) is 5.91 Å². The maximum absolute atomic E-state index is 13.2. The highest BCUT2D eigenvalue weighted by molar-refractivity contribution is 7.92. The number of amides is 1. The lowest BCUT2D eigenvalue weighted by Crippen LogP contribution is -2.41. The molecule has 7 heteroatoms. The number of anilines is 1. The maximum atomic E-state index is 13.2. The van der Waals surface area contributed by atoms with Gasteiger partial charge < -0.3 is 5.32 Å². The van der Waals surface area contributed by atoms with Crippen molar-refractivity contribution in [3.05, 3.63) is 95.5 Å². The quantitative estimate of drug-likeness (QED) is 0.560. The summed E-state index contributed by atoms with van der Waals surface area (Å²) in [6, 6.07) is 24.2. The molecule has 3 rings (SSSR count). The molecule has 1 atom stereocenters. The summed E-state index contributed by atoms with van der Waals surface area (Å²) in [6.45, 7) is 2.08. The molecule has 0 fully saturated rings. The molecule has 0 spiro atoms. The van der Waals surface area contributed by atoms with Crippen LogP contribution in [0.4, 0.5) is 5.69 Å². The molecule has 1 amide bonds. The van der Waals surface area contributed by atoms with Crippen molar-refractivity contribution in [1.82, 2.24) is 5.32 Å². The van der Waals surface area contributed by atoms with Crippen LogP contribution in [0, 0.1) is 0 Å². The van der Waals surface area contributed by atoms with E-state index < -0.39 is 10.0 Å². The molecule has 156 valence electrons. The number of hydrogen-bond donors (Lipinski definition) is 1. The van der Waals surface area contributed by atoms with Crippen LogP contribution in [0.25, 0.3) is 0 Å². The van der Waals surface area contributed by atoms with Gasteiger partial charge in [-0.1, -0.05) is 67.1 Å². The highest BCUT2D eigenvalue weighted by Gasteiger charge is 2.27. The lowest BCUT2D eigenvalue weighted by molar-refractivity contribution is -0.119. The Morgan fingerprint density at radius 3 is 2.10 bits per heavy atom. The summed E-state index contributed by atoms with van der Waals surface area (Å²) in [5.74, 6) is -0.280. The van der Waals surface area contributed by atoms with Crippen LogP contribution in [0.3, 0.4) is 0 Å². The van der Waals surface area contributed by atoms with E-state index in [-0.39, 0.29) is 23.3 Å². The molecule has 30 heavy (non-hydrogen) atoms. The Hall–Kier alpha value is -2.83. The summed E-state index contributed by atoms with van der Waals surface area (Å²) in [5.41, 5.74) is 1.47. The second-order valence-electron chi connectivity index (χ2n) is 6.92. The standard InChI is InChI=1S/C23H23ClN2O3S/c1-18(19-8-4-2-5-9-19)16-25-23(27)17-26(21-14-12-20(24)13-15-21)30(28,29)22-10-6-3-7-11-22/h2-15,18H,16-17H2,1H3,(H,25,27). The van der Waals surface area contributed by atoms with Crippen LogP contribution in [-0.4, -0.2) is 27.4 Å². The molecule has 3 aromatic rings. The average Bonchev–Trinajstić information content (AvgIpc) is 2.77. The monoisotopic (exact) mass is 442 g/mol. The van der Waals surface area contributed by atoms with E-state index in [4.69, 9.17) is 11.6 Å². The first-order valence-electron chi connectivity index (χ1n) is 9.53. The van der Waals surface area contributed by atoms with Crippen LogP contribution in [0.2, 0.25) is 5.02 Å². The highest BCUT2D eigenvalue weighted by atomic mass is 35.5. The van der Waals surface area contributed by atoms with Crippen molar-refractivity contribution in [2.45, 2.75) is 17.7 Å². The fraction of sp³-hybridized carbons (Fsp3) is 0.174. The van der Waals surface area contributed by atoms with E-state index in [0.717, 1.165) is 9.87 Å². The average molecular weight is 443 g/mol. The summed E-state index contributed by atoms with van der Waals surface area (Å²) in [7, 11) is -3.92. The molecule has 0 aliphatic heterocycles. The molecule has 0 saturated heterocycles. The largest absolute Gasteiger partial charge is 0.354 e. The highest BCUT2D eigenvalue weighted by Crippen LogP contribution is 2.25. The number of carbonyl (C=O) groups is 1. The molecule has 0 aliphatic carbocycles. The molecule has 0 radical (unpaired) electrons. The number of hydrogen-bond acceptors (Lipinski definition) is 3. The zero-order chi connectivity index (χ0) is 21.6. The third kappa shape index (κ3) is 5.40. The normalized spacial score (nSPS) is 12.2. The van der Waals surface area contributed by atoms with Crippen LogP contribution in [0.1, 0.15) is 18.4 Å². The minimum atomic E-state index is -3.92. The van der Waals surface area contributed by atoms with Crippen LogP contribution < -0.4 is 9.62 Å². The number of nitrogens with one attached hydrogen (secondary N) is 1. The molecule has 0 aliphatic rings. The van der Waals surface area contributed by atoms with Crippen molar-refractivity contribution in [3.8, 4) is 0 Å². The molecule has 1 N–H and O–H groups in total. The minimum absolute atomic E-state index is 0.102. The van der Waals surface area contributed by atoms with Crippen molar-refractivity contribution in [2.24, 2.45) is 0 Å². The molecule has 0 aromatic heterocycles. The predicted octanol–water partition coefficient (Wildman–Crippen LogP) is 4.46. The molecule has 1 unspecified atom stereocenters. The van der Waals surface area contributed by atoms with E-state index in [1.54, 1.807) is 42.5 Å². The molecule has 0 bridgehead atoms.